The minimum atomic E-state index is 0.209. The van der Waals surface area contributed by atoms with Gasteiger partial charge < -0.3 is 9.80 Å². The summed E-state index contributed by atoms with van der Waals surface area (Å²) in [5.41, 5.74) is 0. The normalized spacial score (nSPS) is 21.8. The second-order valence-electron chi connectivity index (χ2n) is 4.69. The van der Waals surface area contributed by atoms with E-state index in [1.54, 1.807) is 0 Å². The molecule has 2 fully saturated rings. The summed E-state index contributed by atoms with van der Waals surface area (Å²) in [6.45, 7) is 4.95. The number of hydrogen-bond donors (Lipinski definition) is 0. The summed E-state index contributed by atoms with van der Waals surface area (Å²) in [7, 11) is 0. The smallest absolute Gasteiger partial charge is 0.225 e. The van der Waals surface area contributed by atoms with Crippen molar-refractivity contribution in [3.05, 3.63) is 0 Å². The first-order valence-electron chi connectivity index (χ1n) is 6.29. The average molecular weight is 224 g/mol. The van der Waals surface area contributed by atoms with Crippen LogP contribution in [-0.4, -0.2) is 47.8 Å². The molecule has 0 spiro atoms. The molecule has 2 rings (SSSR count). The van der Waals surface area contributed by atoms with Gasteiger partial charge in [-0.3, -0.25) is 9.59 Å². The molecule has 2 amide bonds. The fraction of sp³-hybridized carbons (Fsp3) is 0.833. The monoisotopic (exact) mass is 224 g/mol. The summed E-state index contributed by atoms with van der Waals surface area (Å²) in [6.07, 6.45) is 3.61. The van der Waals surface area contributed by atoms with Crippen LogP contribution in [0.15, 0.2) is 0 Å². The maximum Gasteiger partial charge on any atom is 0.225 e. The second-order valence-corrected chi connectivity index (χ2v) is 4.69. The molecule has 1 saturated carbocycles. The highest BCUT2D eigenvalue weighted by Crippen LogP contribution is 2.31. The molecule has 0 aromatic carbocycles. The topological polar surface area (TPSA) is 40.6 Å². The molecule has 4 heteroatoms. The summed E-state index contributed by atoms with van der Waals surface area (Å²) in [5.74, 6) is 0.819. The molecule has 0 radical (unpaired) electrons. The van der Waals surface area contributed by atoms with E-state index in [0.29, 0.717) is 24.8 Å². The third-order valence-electron chi connectivity index (χ3n) is 3.39. The molecule has 4 nitrogen and oxygen atoms in total. The highest BCUT2D eigenvalue weighted by molar-refractivity contribution is 5.81. The molecule has 1 heterocycles. The molecule has 0 unspecified atom stereocenters. The molecule has 16 heavy (non-hydrogen) atoms. The van der Waals surface area contributed by atoms with E-state index in [1.807, 2.05) is 16.7 Å². The Morgan fingerprint density at radius 2 is 1.69 bits per heavy atom. The Balaban J connectivity index is 1.87. The number of carbonyl (C=O) groups is 2. The van der Waals surface area contributed by atoms with Crippen molar-refractivity contribution in [2.45, 2.75) is 32.6 Å². The van der Waals surface area contributed by atoms with Gasteiger partial charge in [-0.1, -0.05) is 6.92 Å². The van der Waals surface area contributed by atoms with E-state index in [1.165, 1.54) is 0 Å². The number of rotatable bonds is 2. The minimum Gasteiger partial charge on any atom is -0.341 e. The highest BCUT2D eigenvalue weighted by atomic mass is 16.2. The highest BCUT2D eigenvalue weighted by Gasteiger charge is 2.34. The van der Waals surface area contributed by atoms with Crippen molar-refractivity contribution in [1.29, 1.82) is 0 Å². The van der Waals surface area contributed by atoms with Crippen LogP contribution in [0.4, 0.5) is 0 Å². The molecule has 1 aliphatic heterocycles. The van der Waals surface area contributed by atoms with Gasteiger partial charge in [0.1, 0.15) is 0 Å². The predicted octanol–water partition coefficient (Wildman–Crippen LogP) is 0.867. The van der Waals surface area contributed by atoms with Crippen molar-refractivity contribution in [2.24, 2.45) is 5.92 Å². The lowest BCUT2D eigenvalue weighted by Crippen LogP contribution is -2.37. The SMILES string of the molecule is CCC(=O)N1CCCN(C(=O)C2CC2)CC1. The summed E-state index contributed by atoms with van der Waals surface area (Å²) in [6, 6.07) is 0. The standard InChI is InChI=1S/C12H20N2O2/c1-2-11(15)13-6-3-7-14(9-8-13)12(16)10-4-5-10/h10H,2-9H2,1H3. The Bertz CT molecular complexity index is 287. The summed E-state index contributed by atoms with van der Waals surface area (Å²) in [4.78, 5) is 27.3. The fourth-order valence-electron chi connectivity index (χ4n) is 2.20. The molecule has 1 aliphatic carbocycles. The van der Waals surface area contributed by atoms with Crippen molar-refractivity contribution in [3.63, 3.8) is 0 Å². The first kappa shape index (κ1) is 11.4. The van der Waals surface area contributed by atoms with Crippen molar-refractivity contribution >= 4 is 11.8 Å². The molecule has 0 aromatic rings. The third kappa shape index (κ3) is 2.54. The van der Waals surface area contributed by atoms with Gasteiger partial charge in [0.05, 0.1) is 0 Å². The maximum absolute atomic E-state index is 11.9. The molecule has 0 aromatic heterocycles. The molecule has 0 bridgehead atoms. The predicted molar refractivity (Wildman–Crippen MR) is 60.8 cm³/mol. The van der Waals surface area contributed by atoms with Crippen LogP contribution < -0.4 is 0 Å². The van der Waals surface area contributed by atoms with Gasteiger partial charge in [0.2, 0.25) is 11.8 Å². The second kappa shape index (κ2) is 4.85. The van der Waals surface area contributed by atoms with Crippen molar-refractivity contribution in [2.75, 3.05) is 26.2 Å². The van der Waals surface area contributed by atoms with E-state index in [9.17, 15) is 9.59 Å². The zero-order valence-corrected chi connectivity index (χ0v) is 9.95. The fourth-order valence-corrected chi connectivity index (χ4v) is 2.20. The van der Waals surface area contributed by atoms with Crippen LogP contribution in [0.1, 0.15) is 32.6 Å². The zero-order valence-electron chi connectivity index (χ0n) is 9.95. The van der Waals surface area contributed by atoms with Crippen LogP contribution in [0.2, 0.25) is 0 Å². The van der Waals surface area contributed by atoms with Crippen LogP contribution in [0.3, 0.4) is 0 Å². The van der Waals surface area contributed by atoms with Crippen molar-refractivity contribution in [1.82, 2.24) is 9.80 Å². The lowest BCUT2D eigenvalue weighted by Gasteiger charge is -2.21. The number of hydrogen-bond acceptors (Lipinski definition) is 2. The van der Waals surface area contributed by atoms with Gasteiger partial charge in [0, 0.05) is 38.5 Å². The van der Waals surface area contributed by atoms with E-state index in [-0.39, 0.29) is 5.91 Å². The van der Waals surface area contributed by atoms with Crippen LogP contribution in [0, 0.1) is 5.92 Å². The van der Waals surface area contributed by atoms with Crippen LogP contribution in [-0.2, 0) is 9.59 Å². The van der Waals surface area contributed by atoms with Crippen LogP contribution in [0.5, 0.6) is 0 Å². The van der Waals surface area contributed by atoms with Gasteiger partial charge in [-0.15, -0.1) is 0 Å². The Labute approximate surface area is 96.6 Å². The lowest BCUT2D eigenvalue weighted by atomic mass is 10.3. The van der Waals surface area contributed by atoms with Crippen LogP contribution in [0.25, 0.3) is 0 Å². The van der Waals surface area contributed by atoms with E-state index < -0.39 is 0 Å². The Morgan fingerprint density at radius 1 is 1.06 bits per heavy atom. The molecule has 1 saturated heterocycles. The molecule has 90 valence electrons. The van der Waals surface area contributed by atoms with Gasteiger partial charge in [-0.25, -0.2) is 0 Å². The quantitative estimate of drug-likeness (QED) is 0.698. The number of amides is 2. The third-order valence-corrected chi connectivity index (χ3v) is 3.39. The van der Waals surface area contributed by atoms with E-state index in [2.05, 4.69) is 0 Å². The lowest BCUT2D eigenvalue weighted by molar-refractivity contribution is -0.134. The average Bonchev–Trinajstić information content (AvgIpc) is 3.12. The van der Waals surface area contributed by atoms with E-state index in [0.717, 1.165) is 38.9 Å². The van der Waals surface area contributed by atoms with Gasteiger partial charge in [0.25, 0.3) is 0 Å². The molecule has 0 atom stereocenters. The Morgan fingerprint density at radius 3 is 2.31 bits per heavy atom. The van der Waals surface area contributed by atoms with Gasteiger partial charge in [0.15, 0.2) is 0 Å². The summed E-state index contributed by atoms with van der Waals surface area (Å²) in [5, 5.41) is 0. The molecular formula is C12H20N2O2. The van der Waals surface area contributed by atoms with Gasteiger partial charge >= 0.3 is 0 Å². The summed E-state index contributed by atoms with van der Waals surface area (Å²) < 4.78 is 0. The van der Waals surface area contributed by atoms with Crippen LogP contribution >= 0.6 is 0 Å². The Kier molecular flexibility index (Phi) is 3.46. The largest absolute Gasteiger partial charge is 0.341 e. The molecule has 0 N–H and O–H groups in total. The number of carbonyl (C=O) groups excluding carboxylic acids is 2. The number of nitrogens with zero attached hydrogens (tertiary/aromatic N) is 2. The van der Waals surface area contributed by atoms with E-state index >= 15 is 0 Å². The van der Waals surface area contributed by atoms with Crippen molar-refractivity contribution in [3.8, 4) is 0 Å². The van der Waals surface area contributed by atoms with E-state index in [4.69, 9.17) is 0 Å². The summed E-state index contributed by atoms with van der Waals surface area (Å²) >= 11 is 0. The maximum atomic E-state index is 11.9. The van der Waals surface area contributed by atoms with Gasteiger partial charge in [-0.05, 0) is 19.3 Å². The first-order chi connectivity index (χ1) is 7.72. The first-order valence-corrected chi connectivity index (χ1v) is 6.29. The zero-order chi connectivity index (χ0) is 11.5. The molecular weight excluding hydrogens is 204 g/mol. The molecule has 2 aliphatic rings. The van der Waals surface area contributed by atoms with Crippen molar-refractivity contribution < 1.29 is 9.59 Å². The Hall–Kier alpha value is -1.06. The minimum absolute atomic E-state index is 0.209. The van der Waals surface area contributed by atoms with Gasteiger partial charge in [-0.2, -0.15) is 0 Å².